The molecule has 14 heavy (non-hydrogen) atoms. The zero-order valence-corrected chi connectivity index (χ0v) is 8.70. The van der Waals surface area contributed by atoms with Gasteiger partial charge in [0.05, 0.1) is 5.60 Å². The molecular formula is C9H17NO4. The Balaban J connectivity index is 4.89. The average Bonchev–Trinajstić information content (AvgIpc) is 2.03. The molecule has 5 nitrogen and oxygen atoms in total. The van der Waals surface area contributed by atoms with E-state index in [2.05, 4.69) is 0 Å². The van der Waals surface area contributed by atoms with E-state index < -0.39 is 22.9 Å². The van der Waals surface area contributed by atoms with Crippen LogP contribution in [-0.4, -0.2) is 27.7 Å². The summed E-state index contributed by atoms with van der Waals surface area (Å²) in [5.41, 5.74) is 2.10. The summed E-state index contributed by atoms with van der Waals surface area (Å²) < 4.78 is 0. The minimum absolute atomic E-state index is 0.179. The normalized spacial score (nSPS) is 19.4. The van der Waals surface area contributed by atoms with E-state index in [-0.39, 0.29) is 6.42 Å². The number of carbonyl (C=O) groups excluding carboxylic acids is 1. The molecule has 4 N–H and O–H groups in total. The van der Waals surface area contributed by atoms with Crippen molar-refractivity contribution in [3.05, 3.63) is 0 Å². The van der Waals surface area contributed by atoms with Gasteiger partial charge in [-0.05, 0) is 20.3 Å². The van der Waals surface area contributed by atoms with Gasteiger partial charge < -0.3 is 15.9 Å². The highest BCUT2D eigenvalue weighted by molar-refractivity contribution is 6.00. The van der Waals surface area contributed by atoms with Gasteiger partial charge in [0.1, 0.15) is 5.41 Å². The Hall–Kier alpha value is -1.10. The van der Waals surface area contributed by atoms with Crippen LogP contribution in [0.4, 0.5) is 0 Å². The Labute approximate surface area is 82.9 Å². The number of hydrogen-bond acceptors (Lipinski definition) is 3. The topological polar surface area (TPSA) is 101 Å². The van der Waals surface area contributed by atoms with Crippen molar-refractivity contribution in [2.24, 2.45) is 11.1 Å². The van der Waals surface area contributed by atoms with Crippen molar-refractivity contribution in [2.75, 3.05) is 0 Å². The van der Waals surface area contributed by atoms with Gasteiger partial charge in [0.2, 0.25) is 5.91 Å². The van der Waals surface area contributed by atoms with Crippen LogP contribution in [0, 0.1) is 5.41 Å². The van der Waals surface area contributed by atoms with Crippen molar-refractivity contribution in [3.8, 4) is 0 Å². The molecule has 0 aromatic heterocycles. The quantitative estimate of drug-likeness (QED) is 0.552. The minimum atomic E-state index is -1.71. The van der Waals surface area contributed by atoms with E-state index in [1.165, 1.54) is 13.8 Å². The van der Waals surface area contributed by atoms with Crippen LogP contribution in [0.3, 0.4) is 0 Å². The SMILES string of the molecule is CCC(C)(O)CC(C)(C(N)=O)C(=O)O. The van der Waals surface area contributed by atoms with E-state index in [0.717, 1.165) is 0 Å². The largest absolute Gasteiger partial charge is 0.480 e. The summed E-state index contributed by atoms with van der Waals surface area (Å²) >= 11 is 0. The molecule has 5 heteroatoms. The summed E-state index contributed by atoms with van der Waals surface area (Å²) in [6.07, 6.45) is 0.185. The number of carboxylic acid groups (broad SMARTS) is 1. The molecule has 0 rings (SSSR count). The Kier molecular flexibility index (Phi) is 3.65. The number of primary amides is 1. The lowest BCUT2D eigenvalue weighted by Gasteiger charge is -2.30. The molecular weight excluding hydrogens is 186 g/mol. The van der Waals surface area contributed by atoms with Gasteiger partial charge in [-0.15, -0.1) is 0 Å². The second-order valence-corrected chi connectivity index (χ2v) is 4.03. The maximum absolute atomic E-state index is 11.0. The number of hydrogen-bond donors (Lipinski definition) is 3. The highest BCUT2D eigenvalue weighted by atomic mass is 16.4. The molecule has 0 bridgehead atoms. The number of carbonyl (C=O) groups is 2. The number of rotatable bonds is 5. The van der Waals surface area contributed by atoms with Crippen molar-refractivity contribution in [1.82, 2.24) is 0 Å². The summed E-state index contributed by atoms with van der Waals surface area (Å²) in [6, 6.07) is 0. The van der Waals surface area contributed by atoms with Crippen LogP contribution in [0.15, 0.2) is 0 Å². The number of carboxylic acids is 1. The molecule has 0 fully saturated rings. The van der Waals surface area contributed by atoms with Crippen molar-refractivity contribution in [2.45, 2.75) is 39.2 Å². The second-order valence-electron chi connectivity index (χ2n) is 4.03. The van der Waals surface area contributed by atoms with E-state index in [1.807, 2.05) is 0 Å². The zero-order valence-electron chi connectivity index (χ0n) is 8.70. The van der Waals surface area contributed by atoms with Crippen molar-refractivity contribution in [1.29, 1.82) is 0 Å². The van der Waals surface area contributed by atoms with Gasteiger partial charge in [-0.1, -0.05) is 6.92 Å². The lowest BCUT2D eigenvalue weighted by Crippen LogP contribution is -2.46. The molecule has 1 amide bonds. The van der Waals surface area contributed by atoms with Crippen LogP contribution in [0.2, 0.25) is 0 Å². The van der Waals surface area contributed by atoms with E-state index in [4.69, 9.17) is 10.8 Å². The maximum atomic E-state index is 11.0. The Morgan fingerprint density at radius 2 is 1.79 bits per heavy atom. The van der Waals surface area contributed by atoms with E-state index in [9.17, 15) is 14.7 Å². The van der Waals surface area contributed by atoms with Gasteiger partial charge in [-0.2, -0.15) is 0 Å². The monoisotopic (exact) mass is 203 g/mol. The first-order valence-corrected chi connectivity index (χ1v) is 4.41. The van der Waals surface area contributed by atoms with Crippen molar-refractivity contribution < 1.29 is 19.8 Å². The van der Waals surface area contributed by atoms with Gasteiger partial charge in [0.15, 0.2) is 0 Å². The van der Waals surface area contributed by atoms with Crippen LogP contribution < -0.4 is 5.73 Å². The third-order valence-corrected chi connectivity index (χ3v) is 2.51. The second kappa shape index (κ2) is 3.96. The van der Waals surface area contributed by atoms with Crippen LogP contribution in [-0.2, 0) is 9.59 Å². The molecule has 2 atom stereocenters. The molecule has 0 aliphatic heterocycles. The fourth-order valence-electron chi connectivity index (χ4n) is 1.15. The predicted molar refractivity (Wildman–Crippen MR) is 50.5 cm³/mol. The third-order valence-electron chi connectivity index (χ3n) is 2.51. The smallest absolute Gasteiger partial charge is 0.319 e. The summed E-state index contributed by atoms with van der Waals surface area (Å²) in [5, 5.41) is 18.5. The predicted octanol–water partition coefficient (Wildman–Crippen LogP) is 0.114. The molecule has 0 heterocycles. The summed E-state index contributed by atoms with van der Waals surface area (Å²) in [4.78, 5) is 21.8. The molecule has 2 unspecified atom stereocenters. The Bertz CT molecular complexity index is 233. The molecule has 0 radical (unpaired) electrons. The first kappa shape index (κ1) is 12.9. The van der Waals surface area contributed by atoms with Crippen molar-refractivity contribution >= 4 is 11.9 Å². The Morgan fingerprint density at radius 1 is 1.36 bits per heavy atom. The van der Waals surface area contributed by atoms with Gasteiger partial charge >= 0.3 is 5.97 Å². The summed E-state index contributed by atoms with van der Waals surface area (Å²) in [6.45, 7) is 4.42. The molecule has 82 valence electrons. The zero-order chi connectivity index (χ0) is 11.6. The molecule has 0 saturated heterocycles. The van der Waals surface area contributed by atoms with Gasteiger partial charge in [-0.25, -0.2) is 0 Å². The molecule has 0 aliphatic rings. The Morgan fingerprint density at radius 3 is 2.00 bits per heavy atom. The highest BCUT2D eigenvalue weighted by Gasteiger charge is 2.44. The lowest BCUT2D eigenvalue weighted by atomic mass is 9.78. The van der Waals surface area contributed by atoms with Gasteiger partial charge in [0, 0.05) is 6.42 Å². The maximum Gasteiger partial charge on any atom is 0.319 e. The van der Waals surface area contributed by atoms with Crippen LogP contribution >= 0.6 is 0 Å². The summed E-state index contributed by atoms with van der Waals surface area (Å²) in [5.74, 6) is -2.24. The van der Waals surface area contributed by atoms with Gasteiger partial charge in [0.25, 0.3) is 0 Å². The highest BCUT2D eigenvalue weighted by Crippen LogP contribution is 2.30. The number of aliphatic carboxylic acids is 1. The minimum Gasteiger partial charge on any atom is -0.480 e. The average molecular weight is 203 g/mol. The number of nitrogens with two attached hydrogens (primary N) is 1. The summed E-state index contributed by atoms with van der Waals surface area (Å²) in [7, 11) is 0. The molecule has 0 aliphatic carbocycles. The van der Waals surface area contributed by atoms with Crippen LogP contribution in [0.5, 0.6) is 0 Å². The standard InChI is InChI=1S/C9H17NO4/c1-4-8(2,14)5-9(3,6(10)11)7(12)13/h14H,4-5H2,1-3H3,(H2,10,11)(H,12,13). The van der Waals surface area contributed by atoms with E-state index in [0.29, 0.717) is 6.42 Å². The molecule has 0 aromatic carbocycles. The number of aliphatic hydroxyl groups is 1. The lowest BCUT2D eigenvalue weighted by molar-refractivity contribution is -0.157. The van der Waals surface area contributed by atoms with Crippen LogP contribution in [0.25, 0.3) is 0 Å². The van der Waals surface area contributed by atoms with Crippen molar-refractivity contribution in [3.63, 3.8) is 0 Å². The van der Waals surface area contributed by atoms with E-state index in [1.54, 1.807) is 6.92 Å². The molecule has 0 spiro atoms. The molecule has 0 saturated carbocycles. The van der Waals surface area contributed by atoms with Gasteiger partial charge in [-0.3, -0.25) is 9.59 Å². The van der Waals surface area contributed by atoms with E-state index >= 15 is 0 Å². The first-order valence-electron chi connectivity index (χ1n) is 4.41. The first-order chi connectivity index (χ1) is 6.15. The third kappa shape index (κ3) is 2.70. The van der Waals surface area contributed by atoms with Crippen LogP contribution in [0.1, 0.15) is 33.6 Å². The fraction of sp³-hybridized carbons (Fsp3) is 0.778. The fourth-order valence-corrected chi connectivity index (χ4v) is 1.15. The number of amides is 1. The molecule has 0 aromatic rings.